The second-order valence-electron chi connectivity index (χ2n) is 8.23. The molecule has 6 nitrogen and oxygen atoms in total. The molecule has 1 fully saturated rings. The van der Waals surface area contributed by atoms with Crippen molar-refractivity contribution >= 4 is 16.8 Å². The topological polar surface area (TPSA) is 69.3 Å². The smallest absolute Gasteiger partial charge is 0.340 e. The molecule has 1 saturated heterocycles. The third kappa shape index (κ3) is 5.78. The van der Waals surface area contributed by atoms with Crippen LogP contribution in [0.2, 0.25) is 0 Å². The van der Waals surface area contributed by atoms with Crippen molar-refractivity contribution in [1.29, 1.82) is 0 Å². The molecular weight excluding hydrogens is 433 g/mol. The van der Waals surface area contributed by atoms with Gasteiger partial charge in [-0.3, -0.25) is 14.5 Å². The maximum absolute atomic E-state index is 12.7. The Labute approximate surface area is 189 Å². The van der Waals surface area contributed by atoms with Gasteiger partial charge in [-0.25, -0.2) is 4.98 Å². The number of aromatic amines is 1. The molecule has 1 aliphatic rings. The predicted molar refractivity (Wildman–Crippen MR) is 119 cm³/mol. The fourth-order valence-corrected chi connectivity index (χ4v) is 4.03. The van der Waals surface area contributed by atoms with Gasteiger partial charge in [0.2, 0.25) is 5.91 Å². The Hall–Kier alpha value is -3.20. The molecule has 0 spiro atoms. The van der Waals surface area contributed by atoms with Crippen LogP contribution in [0, 0.1) is 0 Å². The molecule has 1 amide bonds. The van der Waals surface area contributed by atoms with Gasteiger partial charge in [-0.15, -0.1) is 0 Å². The lowest BCUT2D eigenvalue weighted by Gasteiger charge is -2.35. The van der Waals surface area contributed by atoms with Crippen LogP contribution >= 0.6 is 0 Å². The molecule has 2 heterocycles. The fraction of sp³-hybridized carbons (Fsp3) is 0.375. The van der Waals surface area contributed by atoms with Gasteiger partial charge in [0.05, 0.1) is 16.5 Å². The maximum atomic E-state index is 12.7. The van der Waals surface area contributed by atoms with Gasteiger partial charge in [0.1, 0.15) is 5.82 Å². The minimum Gasteiger partial charge on any atom is -0.340 e. The van der Waals surface area contributed by atoms with Crippen LogP contribution in [0.15, 0.2) is 53.3 Å². The second kappa shape index (κ2) is 9.74. The number of nitrogens with one attached hydrogen (secondary N) is 1. The van der Waals surface area contributed by atoms with Crippen LogP contribution in [0.5, 0.6) is 0 Å². The SMILES string of the molecule is O=C(CCCc1nc2ccccc2c(=O)[nH]1)N1CCN(Cc2ccc(C(F)(F)F)cc2)CC1. The van der Waals surface area contributed by atoms with Crippen molar-refractivity contribution in [3.05, 3.63) is 75.8 Å². The lowest BCUT2D eigenvalue weighted by molar-refractivity contribution is -0.137. The fourth-order valence-electron chi connectivity index (χ4n) is 4.03. The summed E-state index contributed by atoms with van der Waals surface area (Å²) >= 11 is 0. The first kappa shape index (κ1) is 23.0. The van der Waals surface area contributed by atoms with E-state index in [-0.39, 0.29) is 11.5 Å². The number of halogens is 3. The van der Waals surface area contributed by atoms with E-state index in [2.05, 4.69) is 14.9 Å². The van der Waals surface area contributed by atoms with E-state index in [0.717, 1.165) is 17.7 Å². The molecule has 1 N–H and O–H groups in total. The number of carbonyl (C=O) groups is 1. The van der Waals surface area contributed by atoms with Gasteiger partial charge in [0.25, 0.3) is 5.56 Å². The Bertz CT molecular complexity index is 1170. The zero-order chi connectivity index (χ0) is 23.4. The average molecular weight is 458 g/mol. The van der Waals surface area contributed by atoms with Crippen molar-refractivity contribution in [1.82, 2.24) is 19.8 Å². The van der Waals surface area contributed by atoms with Crippen LogP contribution < -0.4 is 5.56 Å². The number of nitrogens with zero attached hydrogens (tertiary/aromatic N) is 3. The van der Waals surface area contributed by atoms with Gasteiger partial charge in [-0.1, -0.05) is 24.3 Å². The molecule has 2 aromatic carbocycles. The summed E-state index contributed by atoms with van der Waals surface area (Å²) < 4.78 is 38.1. The maximum Gasteiger partial charge on any atom is 0.416 e. The highest BCUT2D eigenvalue weighted by atomic mass is 19.4. The monoisotopic (exact) mass is 458 g/mol. The first-order valence-electron chi connectivity index (χ1n) is 10.9. The first-order chi connectivity index (χ1) is 15.8. The largest absolute Gasteiger partial charge is 0.416 e. The van der Waals surface area contributed by atoms with E-state index in [9.17, 15) is 22.8 Å². The summed E-state index contributed by atoms with van der Waals surface area (Å²) in [6, 6.07) is 12.4. The molecule has 0 aliphatic carbocycles. The number of fused-ring (bicyclic) bond motifs is 1. The van der Waals surface area contributed by atoms with Crippen molar-refractivity contribution in [3.8, 4) is 0 Å². The van der Waals surface area contributed by atoms with Crippen molar-refractivity contribution < 1.29 is 18.0 Å². The van der Waals surface area contributed by atoms with E-state index in [0.29, 0.717) is 68.7 Å². The molecule has 0 bridgehead atoms. The zero-order valence-corrected chi connectivity index (χ0v) is 18.1. The molecule has 33 heavy (non-hydrogen) atoms. The number of aromatic nitrogens is 2. The van der Waals surface area contributed by atoms with Gasteiger partial charge in [-0.05, 0) is 36.2 Å². The molecule has 0 atom stereocenters. The molecule has 9 heteroatoms. The number of hydrogen-bond acceptors (Lipinski definition) is 4. The Kier molecular flexibility index (Phi) is 6.78. The third-order valence-corrected chi connectivity index (χ3v) is 5.88. The number of rotatable bonds is 6. The first-order valence-corrected chi connectivity index (χ1v) is 10.9. The number of amides is 1. The minimum atomic E-state index is -4.33. The van der Waals surface area contributed by atoms with Crippen molar-refractivity contribution in [2.45, 2.75) is 32.0 Å². The number of para-hydroxylation sites is 1. The summed E-state index contributed by atoms with van der Waals surface area (Å²) in [6.45, 7) is 3.08. The number of piperazine rings is 1. The van der Waals surface area contributed by atoms with Gasteiger partial charge in [0.15, 0.2) is 0 Å². The molecule has 0 unspecified atom stereocenters. The summed E-state index contributed by atoms with van der Waals surface area (Å²) in [4.78, 5) is 35.9. The van der Waals surface area contributed by atoms with Gasteiger partial charge >= 0.3 is 6.18 Å². The van der Waals surface area contributed by atoms with E-state index < -0.39 is 11.7 Å². The molecule has 1 aromatic heterocycles. The van der Waals surface area contributed by atoms with Crippen molar-refractivity contribution in [2.24, 2.45) is 0 Å². The van der Waals surface area contributed by atoms with E-state index in [1.807, 2.05) is 11.0 Å². The number of benzene rings is 2. The van der Waals surface area contributed by atoms with Gasteiger partial charge in [0, 0.05) is 45.6 Å². The minimum absolute atomic E-state index is 0.0623. The van der Waals surface area contributed by atoms with Crippen LogP contribution in [0.3, 0.4) is 0 Å². The van der Waals surface area contributed by atoms with E-state index in [4.69, 9.17) is 0 Å². The predicted octanol–water partition coefficient (Wildman–Crippen LogP) is 3.61. The molecule has 1 aliphatic heterocycles. The van der Waals surface area contributed by atoms with Gasteiger partial charge in [-0.2, -0.15) is 13.2 Å². The van der Waals surface area contributed by atoms with Crippen LogP contribution in [-0.2, 0) is 23.9 Å². The third-order valence-electron chi connectivity index (χ3n) is 5.88. The summed E-state index contributed by atoms with van der Waals surface area (Å²) in [5.41, 5.74) is 0.641. The standard InChI is InChI=1S/C24H25F3N4O2/c25-24(26,27)18-10-8-17(9-11-18)16-30-12-14-31(15-13-30)22(32)7-3-6-21-28-20-5-2-1-4-19(20)23(33)29-21/h1-2,4-5,8-11H,3,6-7,12-16H2,(H,28,29,33). The molecule has 0 radical (unpaired) electrons. The summed E-state index contributed by atoms with van der Waals surface area (Å²) in [6.07, 6.45) is -2.86. The van der Waals surface area contributed by atoms with Crippen LogP contribution in [-0.4, -0.2) is 51.9 Å². The lowest BCUT2D eigenvalue weighted by atomic mass is 10.1. The van der Waals surface area contributed by atoms with Crippen LogP contribution in [0.25, 0.3) is 10.9 Å². The second-order valence-corrected chi connectivity index (χ2v) is 8.23. The summed E-state index contributed by atoms with van der Waals surface area (Å²) in [5, 5.41) is 0.548. The number of alkyl halides is 3. The lowest BCUT2D eigenvalue weighted by Crippen LogP contribution is -2.48. The molecule has 0 saturated carbocycles. The molecule has 3 aromatic rings. The van der Waals surface area contributed by atoms with Crippen LogP contribution in [0.1, 0.15) is 29.8 Å². The number of H-pyrrole nitrogens is 1. The highest BCUT2D eigenvalue weighted by molar-refractivity contribution is 5.77. The quantitative estimate of drug-likeness (QED) is 0.613. The highest BCUT2D eigenvalue weighted by Gasteiger charge is 2.30. The normalized spacial score (nSPS) is 15.2. The number of aryl methyl sites for hydroxylation is 1. The number of hydrogen-bond donors (Lipinski definition) is 1. The molecule has 174 valence electrons. The molecular formula is C24H25F3N4O2. The zero-order valence-electron chi connectivity index (χ0n) is 18.1. The van der Waals surface area contributed by atoms with E-state index in [1.165, 1.54) is 12.1 Å². The highest BCUT2D eigenvalue weighted by Crippen LogP contribution is 2.29. The van der Waals surface area contributed by atoms with Crippen molar-refractivity contribution in [2.75, 3.05) is 26.2 Å². The Morgan fingerprint density at radius 1 is 1.00 bits per heavy atom. The number of carbonyl (C=O) groups excluding carboxylic acids is 1. The Morgan fingerprint density at radius 3 is 2.39 bits per heavy atom. The van der Waals surface area contributed by atoms with Crippen molar-refractivity contribution in [3.63, 3.8) is 0 Å². The van der Waals surface area contributed by atoms with E-state index in [1.54, 1.807) is 18.2 Å². The van der Waals surface area contributed by atoms with E-state index >= 15 is 0 Å². The average Bonchev–Trinajstić information content (AvgIpc) is 2.79. The van der Waals surface area contributed by atoms with Crippen LogP contribution in [0.4, 0.5) is 13.2 Å². The van der Waals surface area contributed by atoms with Gasteiger partial charge < -0.3 is 9.88 Å². The summed E-state index contributed by atoms with van der Waals surface area (Å²) in [7, 11) is 0. The Morgan fingerprint density at radius 2 is 1.70 bits per heavy atom. The Balaban J connectivity index is 1.22. The summed E-state index contributed by atoms with van der Waals surface area (Å²) in [5.74, 6) is 0.639. The molecule has 4 rings (SSSR count).